The van der Waals surface area contributed by atoms with Crippen molar-refractivity contribution in [1.82, 2.24) is 19.5 Å². The molecule has 3 aromatic rings. The number of hydrogen-bond acceptors (Lipinski definition) is 6. The van der Waals surface area contributed by atoms with Gasteiger partial charge in [-0.05, 0) is 37.1 Å². The Morgan fingerprint density at radius 3 is 2.76 bits per heavy atom. The normalized spacial score (nSPS) is 14.2. The van der Waals surface area contributed by atoms with Gasteiger partial charge in [-0.25, -0.2) is 4.98 Å². The molecule has 4 rings (SSSR count). The average molecular weight is 357 g/mol. The minimum absolute atomic E-state index is 0.0545. The lowest BCUT2D eigenvalue weighted by molar-refractivity contribution is 0.0793. The van der Waals surface area contributed by atoms with Crippen LogP contribution in [0.2, 0.25) is 0 Å². The lowest BCUT2D eigenvalue weighted by atomic mass is 10.2. The first kappa shape index (κ1) is 15.9. The molecule has 4 heterocycles. The van der Waals surface area contributed by atoms with Gasteiger partial charge in [-0.15, -0.1) is 5.10 Å². The summed E-state index contributed by atoms with van der Waals surface area (Å²) in [5.41, 5.74) is 1.29. The Hall–Kier alpha value is -2.61. The molecule has 1 N–H and O–H groups in total. The summed E-state index contributed by atoms with van der Waals surface area (Å²) in [6.07, 6.45) is 2.14. The summed E-state index contributed by atoms with van der Waals surface area (Å²) in [6.45, 7) is 1.65. The smallest absolute Gasteiger partial charge is 0.254 e. The summed E-state index contributed by atoms with van der Waals surface area (Å²) in [5.74, 6) is 1.41. The fourth-order valence-corrected chi connectivity index (χ4v) is 3.79. The van der Waals surface area contributed by atoms with Gasteiger partial charge in [0.2, 0.25) is 0 Å². The van der Waals surface area contributed by atoms with E-state index in [-0.39, 0.29) is 5.91 Å². The van der Waals surface area contributed by atoms with Crippen LogP contribution in [0.25, 0.3) is 16.3 Å². The number of ether oxygens (including phenoxy) is 1. The molecule has 0 bridgehead atoms. The standard InChI is InChI=1S/C17H19N5O2S/c1-18-13-9-11(17(23)21-7-3-4-8-21)10-14-19-16(20-22(13)14)12-5-6-15(24-2)25-12/h5-6,9-10,18H,3-4,7-8H2,1-2H3. The molecule has 0 aliphatic carbocycles. The van der Waals surface area contributed by atoms with Gasteiger partial charge < -0.3 is 15.0 Å². The van der Waals surface area contributed by atoms with Crippen LogP contribution in [0.3, 0.4) is 0 Å². The van der Waals surface area contributed by atoms with Crippen LogP contribution in [-0.2, 0) is 0 Å². The molecule has 7 nitrogen and oxygen atoms in total. The van der Waals surface area contributed by atoms with E-state index < -0.39 is 0 Å². The van der Waals surface area contributed by atoms with Crippen molar-refractivity contribution in [1.29, 1.82) is 0 Å². The second-order valence-electron chi connectivity index (χ2n) is 5.91. The van der Waals surface area contributed by atoms with Crippen molar-refractivity contribution in [3.05, 3.63) is 29.8 Å². The van der Waals surface area contributed by atoms with Crippen molar-refractivity contribution < 1.29 is 9.53 Å². The Morgan fingerprint density at radius 2 is 2.08 bits per heavy atom. The number of amides is 1. The van der Waals surface area contributed by atoms with Crippen molar-refractivity contribution in [3.8, 4) is 15.8 Å². The predicted octanol–water partition coefficient (Wildman–Crippen LogP) is 2.74. The molecule has 3 aromatic heterocycles. The summed E-state index contributed by atoms with van der Waals surface area (Å²) in [7, 11) is 3.45. The van der Waals surface area contributed by atoms with Crippen LogP contribution >= 0.6 is 11.3 Å². The van der Waals surface area contributed by atoms with Crippen LogP contribution in [0.4, 0.5) is 5.82 Å². The fourth-order valence-electron chi connectivity index (χ4n) is 3.04. The van der Waals surface area contributed by atoms with Crippen molar-refractivity contribution in [3.63, 3.8) is 0 Å². The number of methoxy groups -OCH3 is 1. The number of nitrogens with zero attached hydrogens (tertiary/aromatic N) is 4. The minimum Gasteiger partial charge on any atom is -0.487 e. The number of carbonyl (C=O) groups excluding carboxylic acids is 1. The van der Waals surface area contributed by atoms with Gasteiger partial charge in [0.1, 0.15) is 5.82 Å². The first-order valence-corrected chi connectivity index (χ1v) is 9.03. The highest BCUT2D eigenvalue weighted by Gasteiger charge is 2.22. The largest absolute Gasteiger partial charge is 0.487 e. The van der Waals surface area contributed by atoms with Crippen molar-refractivity contribution >= 4 is 28.7 Å². The Morgan fingerprint density at radius 1 is 1.28 bits per heavy atom. The number of likely N-dealkylation sites (tertiary alicyclic amines) is 1. The Kier molecular flexibility index (Phi) is 4.04. The Bertz CT molecular complexity index is 926. The summed E-state index contributed by atoms with van der Waals surface area (Å²) < 4.78 is 6.96. The molecule has 0 unspecified atom stereocenters. The van der Waals surface area contributed by atoms with Crippen molar-refractivity contribution in [2.45, 2.75) is 12.8 Å². The molecule has 0 radical (unpaired) electrons. The van der Waals surface area contributed by atoms with E-state index in [9.17, 15) is 4.79 Å². The highest BCUT2D eigenvalue weighted by atomic mass is 32.1. The molecule has 0 spiro atoms. The van der Waals surface area contributed by atoms with Crippen molar-refractivity contribution in [2.24, 2.45) is 0 Å². The van der Waals surface area contributed by atoms with E-state index in [4.69, 9.17) is 4.74 Å². The zero-order valence-electron chi connectivity index (χ0n) is 14.2. The zero-order valence-corrected chi connectivity index (χ0v) is 15.0. The summed E-state index contributed by atoms with van der Waals surface area (Å²) in [5, 5.41) is 8.49. The molecule has 25 heavy (non-hydrogen) atoms. The van der Waals surface area contributed by atoms with Gasteiger partial charge in [0, 0.05) is 25.7 Å². The number of pyridine rings is 1. The van der Waals surface area contributed by atoms with Crippen LogP contribution in [0.15, 0.2) is 24.3 Å². The highest BCUT2D eigenvalue weighted by molar-refractivity contribution is 7.17. The molecule has 0 saturated carbocycles. The molecule has 1 aliphatic rings. The van der Waals surface area contributed by atoms with Crippen LogP contribution in [0.5, 0.6) is 5.06 Å². The van der Waals surface area contributed by atoms with Crippen LogP contribution in [-0.4, -0.2) is 52.7 Å². The third-order valence-electron chi connectivity index (χ3n) is 4.34. The Labute approximate surface area is 149 Å². The maximum absolute atomic E-state index is 12.7. The van der Waals surface area contributed by atoms with Gasteiger partial charge in [0.25, 0.3) is 5.91 Å². The van der Waals surface area contributed by atoms with Crippen LogP contribution in [0, 0.1) is 0 Å². The second kappa shape index (κ2) is 6.36. The number of nitrogens with one attached hydrogen (secondary N) is 1. The van der Waals surface area contributed by atoms with Gasteiger partial charge in [-0.3, -0.25) is 4.79 Å². The summed E-state index contributed by atoms with van der Waals surface area (Å²) >= 11 is 1.49. The number of rotatable bonds is 4. The topological polar surface area (TPSA) is 71.8 Å². The number of carbonyl (C=O) groups is 1. The third kappa shape index (κ3) is 2.82. The maximum Gasteiger partial charge on any atom is 0.254 e. The summed E-state index contributed by atoms with van der Waals surface area (Å²) in [4.78, 5) is 20.1. The van der Waals surface area contributed by atoms with E-state index in [2.05, 4.69) is 15.4 Å². The van der Waals surface area contributed by atoms with Gasteiger partial charge >= 0.3 is 0 Å². The Balaban J connectivity index is 1.76. The molecule has 0 atom stereocenters. The summed E-state index contributed by atoms with van der Waals surface area (Å²) in [6, 6.07) is 7.48. The number of anilines is 1. The molecule has 8 heteroatoms. The SMILES string of the molecule is CNc1cc(C(=O)N2CCCC2)cc2nc(-c3ccc(OC)s3)nn12. The first-order chi connectivity index (χ1) is 12.2. The number of thiophene rings is 1. The van der Waals surface area contributed by atoms with Crippen LogP contribution < -0.4 is 10.1 Å². The molecule has 1 aliphatic heterocycles. The molecule has 130 valence electrons. The molecule has 1 amide bonds. The first-order valence-electron chi connectivity index (χ1n) is 8.21. The lowest BCUT2D eigenvalue weighted by Gasteiger charge is -2.16. The lowest BCUT2D eigenvalue weighted by Crippen LogP contribution is -2.27. The van der Waals surface area contributed by atoms with E-state index in [0.29, 0.717) is 17.0 Å². The van der Waals surface area contributed by atoms with Gasteiger partial charge in [-0.1, -0.05) is 11.3 Å². The maximum atomic E-state index is 12.7. The predicted molar refractivity (Wildman–Crippen MR) is 97.5 cm³/mol. The number of hydrogen-bond donors (Lipinski definition) is 1. The van der Waals surface area contributed by atoms with Gasteiger partial charge in [-0.2, -0.15) is 4.52 Å². The van der Waals surface area contributed by atoms with Crippen LogP contribution in [0.1, 0.15) is 23.2 Å². The third-order valence-corrected chi connectivity index (χ3v) is 5.38. The molecule has 1 fully saturated rings. The van der Waals surface area contributed by atoms with E-state index >= 15 is 0 Å². The van der Waals surface area contributed by atoms with E-state index in [1.807, 2.05) is 36.2 Å². The average Bonchev–Trinajstić information content (AvgIpc) is 3.39. The van der Waals surface area contributed by atoms with Gasteiger partial charge in [0.05, 0.1) is 12.0 Å². The van der Waals surface area contributed by atoms with E-state index in [1.54, 1.807) is 11.6 Å². The van der Waals surface area contributed by atoms with E-state index in [1.165, 1.54) is 11.3 Å². The quantitative estimate of drug-likeness (QED) is 0.777. The molecular formula is C17H19N5O2S. The second-order valence-corrected chi connectivity index (χ2v) is 6.95. The molecule has 0 aromatic carbocycles. The monoisotopic (exact) mass is 357 g/mol. The number of fused-ring (bicyclic) bond motifs is 1. The molecule has 1 saturated heterocycles. The highest BCUT2D eigenvalue weighted by Crippen LogP contribution is 2.31. The number of aromatic nitrogens is 3. The van der Waals surface area contributed by atoms with Crippen molar-refractivity contribution in [2.75, 3.05) is 32.6 Å². The fraction of sp³-hybridized carbons (Fsp3) is 0.353. The molecular weight excluding hydrogens is 338 g/mol. The minimum atomic E-state index is 0.0545. The van der Waals surface area contributed by atoms with E-state index in [0.717, 1.165) is 41.7 Å². The van der Waals surface area contributed by atoms with Gasteiger partial charge in [0.15, 0.2) is 16.5 Å². The zero-order chi connectivity index (χ0) is 17.4.